The van der Waals surface area contributed by atoms with Gasteiger partial charge in [-0.15, -0.1) is 0 Å². The van der Waals surface area contributed by atoms with Crippen LogP contribution < -0.4 is 10.6 Å². The largest absolute Gasteiger partial charge is 0.481 e. The fourth-order valence-corrected chi connectivity index (χ4v) is 7.89. The SMILES string of the molecule is Cc1c(Nc2nccc3cc(CN4CCC(O)C4)cnc23)cccc1-c1cccc(-c2nc3cc(CN[C@H]4CC[C@@H](C(=O)O)C4)cc(C#N)c3o2)c1C. The third-order valence-electron chi connectivity index (χ3n) is 10.8. The molecule has 3 atom stereocenters. The highest BCUT2D eigenvalue weighted by Crippen LogP contribution is 2.38. The number of hydrogen-bond acceptors (Lipinski definition) is 10. The van der Waals surface area contributed by atoms with E-state index in [0.717, 1.165) is 81.5 Å². The number of fused-ring (bicyclic) bond motifs is 2. The van der Waals surface area contributed by atoms with E-state index in [2.05, 4.69) is 58.6 Å². The lowest BCUT2D eigenvalue weighted by atomic mass is 9.93. The van der Waals surface area contributed by atoms with Crippen molar-refractivity contribution in [1.29, 1.82) is 5.26 Å². The first-order valence-corrected chi connectivity index (χ1v) is 18.1. The number of oxazole rings is 1. The molecule has 1 aliphatic heterocycles. The van der Waals surface area contributed by atoms with Crippen LogP contribution in [0.1, 0.15) is 53.5 Å². The maximum Gasteiger partial charge on any atom is 0.306 e. The smallest absolute Gasteiger partial charge is 0.306 e. The molecular weight excluding hydrogens is 667 g/mol. The van der Waals surface area contributed by atoms with Crippen molar-refractivity contribution in [3.63, 3.8) is 0 Å². The maximum absolute atomic E-state index is 11.4. The van der Waals surface area contributed by atoms with E-state index in [1.807, 2.05) is 48.7 Å². The van der Waals surface area contributed by atoms with Gasteiger partial charge in [0.15, 0.2) is 11.4 Å². The molecular formula is C42H41N7O4. The Morgan fingerprint density at radius 1 is 1.00 bits per heavy atom. The van der Waals surface area contributed by atoms with E-state index < -0.39 is 5.97 Å². The van der Waals surface area contributed by atoms with Crippen LogP contribution >= 0.6 is 0 Å². The molecule has 3 aromatic heterocycles. The molecule has 4 N–H and O–H groups in total. The second-order valence-electron chi connectivity index (χ2n) is 14.4. The van der Waals surface area contributed by atoms with Crippen molar-refractivity contribution in [3.8, 4) is 28.7 Å². The second-order valence-corrected chi connectivity index (χ2v) is 14.4. The summed E-state index contributed by atoms with van der Waals surface area (Å²) in [7, 11) is 0. The number of rotatable bonds is 10. The summed E-state index contributed by atoms with van der Waals surface area (Å²) >= 11 is 0. The molecule has 4 heterocycles. The van der Waals surface area contributed by atoms with Crippen molar-refractivity contribution in [2.24, 2.45) is 5.92 Å². The molecule has 1 saturated heterocycles. The second kappa shape index (κ2) is 14.4. The number of carboxylic acids is 1. The average molecular weight is 708 g/mol. The van der Waals surface area contributed by atoms with E-state index >= 15 is 0 Å². The number of aliphatic hydroxyl groups is 1. The van der Waals surface area contributed by atoms with Crippen LogP contribution in [-0.2, 0) is 17.9 Å². The lowest BCUT2D eigenvalue weighted by molar-refractivity contribution is -0.141. The van der Waals surface area contributed by atoms with E-state index in [0.29, 0.717) is 54.3 Å². The van der Waals surface area contributed by atoms with Gasteiger partial charge in [-0.05, 0) is 109 Å². The molecule has 268 valence electrons. The summed E-state index contributed by atoms with van der Waals surface area (Å²) in [5.41, 5.74) is 10.2. The van der Waals surface area contributed by atoms with E-state index in [-0.39, 0.29) is 18.1 Å². The van der Waals surface area contributed by atoms with Crippen LogP contribution in [0, 0.1) is 31.1 Å². The number of aliphatic hydroxyl groups excluding tert-OH is 1. The summed E-state index contributed by atoms with van der Waals surface area (Å²) in [6.07, 6.45) is 6.35. The van der Waals surface area contributed by atoms with E-state index in [9.17, 15) is 20.3 Å². The first-order valence-electron chi connectivity index (χ1n) is 18.1. The van der Waals surface area contributed by atoms with E-state index in [4.69, 9.17) is 14.4 Å². The number of likely N-dealkylation sites (tertiary alicyclic amines) is 1. The van der Waals surface area contributed by atoms with Crippen LogP contribution in [0.25, 0.3) is 44.6 Å². The zero-order valence-corrected chi connectivity index (χ0v) is 29.8. The number of hydrogen-bond donors (Lipinski definition) is 4. The minimum absolute atomic E-state index is 0.127. The molecule has 0 spiro atoms. The van der Waals surface area contributed by atoms with Gasteiger partial charge in [-0.3, -0.25) is 14.7 Å². The number of anilines is 2. The lowest BCUT2D eigenvalue weighted by Crippen LogP contribution is -2.26. The number of carboxylic acid groups (broad SMARTS) is 1. The molecule has 2 aliphatic rings. The molecule has 2 fully saturated rings. The molecule has 11 heteroatoms. The Morgan fingerprint density at radius 2 is 1.81 bits per heavy atom. The zero-order valence-electron chi connectivity index (χ0n) is 29.8. The van der Waals surface area contributed by atoms with Crippen molar-refractivity contribution in [2.45, 2.75) is 64.8 Å². The predicted molar refractivity (Wildman–Crippen MR) is 203 cm³/mol. The Bertz CT molecular complexity index is 2400. The monoisotopic (exact) mass is 707 g/mol. The summed E-state index contributed by atoms with van der Waals surface area (Å²) in [6.45, 7) is 6.99. The molecule has 1 saturated carbocycles. The Labute approximate surface area is 307 Å². The Morgan fingerprint density at radius 3 is 2.58 bits per heavy atom. The number of benzene rings is 3. The Hall–Kier alpha value is -5.67. The van der Waals surface area contributed by atoms with Gasteiger partial charge in [0.25, 0.3) is 0 Å². The third kappa shape index (κ3) is 6.97. The molecule has 3 aromatic carbocycles. The highest BCUT2D eigenvalue weighted by atomic mass is 16.4. The number of aliphatic carboxylic acids is 1. The number of β-amino-alcohol motifs (C(OH)–C–C–N with tert-alkyl or cyclic N) is 1. The first kappa shape index (κ1) is 34.4. The average Bonchev–Trinajstić information content (AvgIpc) is 3.92. The van der Waals surface area contributed by atoms with Crippen LogP contribution in [0.2, 0.25) is 0 Å². The number of aromatic nitrogens is 3. The third-order valence-corrected chi connectivity index (χ3v) is 10.8. The van der Waals surface area contributed by atoms with E-state index in [1.54, 1.807) is 6.20 Å². The van der Waals surface area contributed by atoms with Gasteiger partial charge < -0.3 is 25.3 Å². The number of pyridine rings is 2. The Balaban J connectivity index is 1.05. The predicted octanol–water partition coefficient (Wildman–Crippen LogP) is 7.25. The number of nitrogens with one attached hydrogen (secondary N) is 2. The van der Waals surface area contributed by atoms with Crippen molar-refractivity contribution in [2.75, 3.05) is 18.4 Å². The summed E-state index contributed by atoms with van der Waals surface area (Å²) in [4.78, 5) is 28.0. The van der Waals surface area contributed by atoms with Crippen molar-refractivity contribution in [3.05, 3.63) is 101 Å². The van der Waals surface area contributed by atoms with Gasteiger partial charge in [-0.1, -0.05) is 24.3 Å². The molecule has 1 aliphatic carbocycles. The quantitative estimate of drug-likeness (QED) is 0.114. The van der Waals surface area contributed by atoms with Gasteiger partial charge in [-0.2, -0.15) is 5.26 Å². The minimum atomic E-state index is -0.738. The molecule has 8 rings (SSSR count). The topological polar surface area (TPSA) is 160 Å². The van der Waals surface area contributed by atoms with Crippen LogP contribution in [0.3, 0.4) is 0 Å². The van der Waals surface area contributed by atoms with Crippen molar-refractivity contribution < 1.29 is 19.4 Å². The fourth-order valence-electron chi connectivity index (χ4n) is 7.89. The number of carbonyl (C=O) groups is 1. The molecule has 11 nitrogen and oxygen atoms in total. The van der Waals surface area contributed by atoms with Gasteiger partial charge in [0.1, 0.15) is 17.1 Å². The van der Waals surface area contributed by atoms with Crippen molar-refractivity contribution >= 4 is 39.5 Å². The summed E-state index contributed by atoms with van der Waals surface area (Å²) in [5, 5.41) is 37.3. The Kier molecular flexibility index (Phi) is 9.35. The molecule has 1 unspecified atom stereocenters. The molecule has 0 amide bonds. The standard InChI is InChI=1S/C42H41N7O4/c1-24-33(5-3-7-35(24)41-48-37-17-26(15-30(19-43)39(37)53-41)20-45-31-10-9-29(18-31)42(51)52)34-6-4-8-36(25(34)2)47-40-38-28(11-13-44-40)16-27(21-46-38)22-49-14-12-32(50)23-49/h3-8,11,13,15-17,21,29,31-32,45,50H,9-10,12,14,18,20,22-23H2,1-2H3,(H,44,47)(H,51,52)/t29-,31+,32?/m1/s1. The lowest BCUT2D eigenvalue weighted by Gasteiger charge is -2.17. The van der Waals surface area contributed by atoms with Crippen LogP contribution in [0.15, 0.2) is 77.5 Å². The maximum atomic E-state index is 11.4. The summed E-state index contributed by atoms with van der Waals surface area (Å²) in [6, 6.07) is 22.5. The van der Waals surface area contributed by atoms with Crippen LogP contribution in [-0.4, -0.2) is 61.3 Å². The van der Waals surface area contributed by atoms with Gasteiger partial charge in [0, 0.05) is 61.3 Å². The minimum Gasteiger partial charge on any atom is -0.481 e. The molecule has 6 aromatic rings. The normalized spacial score (nSPS) is 18.9. The molecule has 53 heavy (non-hydrogen) atoms. The summed E-state index contributed by atoms with van der Waals surface area (Å²) < 4.78 is 6.28. The highest BCUT2D eigenvalue weighted by Gasteiger charge is 2.29. The van der Waals surface area contributed by atoms with Crippen LogP contribution in [0.5, 0.6) is 0 Å². The van der Waals surface area contributed by atoms with Gasteiger partial charge in [0.2, 0.25) is 5.89 Å². The zero-order chi connectivity index (χ0) is 36.6. The van der Waals surface area contributed by atoms with Crippen molar-refractivity contribution in [1.82, 2.24) is 25.2 Å². The van der Waals surface area contributed by atoms with Gasteiger partial charge in [-0.25, -0.2) is 9.97 Å². The number of nitrogens with zero attached hydrogens (tertiary/aromatic N) is 5. The number of nitriles is 1. The van der Waals surface area contributed by atoms with Gasteiger partial charge in [0.05, 0.1) is 17.6 Å². The molecule has 0 radical (unpaired) electrons. The summed E-state index contributed by atoms with van der Waals surface area (Å²) in [5.74, 6) is 0.0786. The molecule has 0 bridgehead atoms. The highest BCUT2D eigenvalue weighted by molar-refractivity contribution is 5.91. The first-order chi connectivity index (χ1) is 25.7. The van der Waals surface area contributed by atoms with Crippen LogP contribution in [0.4, 0.5) is 11.5 Å². The van der Waals surface area contributed by atoms with E-state index in [1.165, 1.54) is 0 Å². The van der Waals surface area contributed by atoms with Gasteiger partial charge >= 0.3 is 5.97 Å². The fraction of sp³-hybridized carbons (Fsp3) is 0.310.